The lowest BCUT2D eigenvalue weighted by Crippen LogP contribution is -2.48. The van der Waals surface area contributed by atoms with Crippen LogP contribution in [0.15, 0.2) is 66.0 Å². The van der Waals surface area contributed by atoms with Crippen LogP contribution in [0.3, 0.4) is 0 Å². The SMILES string of the molecule is COc1ccc(-c2csc(CN3CCN(C(=O)c4cc(-c5ccccc5)nn4C)CC3)n2)cc1. The molecule has 0 saturated carbocycles. The van der Waals surface area contributed by atoms with Crippen molar-refractivity contribution in [3.63, 3.8) is 0 Å². The van der Waals surface area contributed by atoms with Gasteiger partial charge in [0.1, 0.15) is 16.5 Å². The minimum atomic E-state index is 0.0351. The number of carbonyl (C=O) groups is 1. The third-order valence-electron chi connectivity index (χ3n) is 6.12. The molecule has 1 aliphatic rings. The Hall–Kier alpha value is -3.49. The molecular weight excluding hydrogens is 446 g/mol. The molecule has 8 heteroatoms. The number of rotatable bonds is 6. The number of aromatic nitrogens is 3. The van der Waals surface area contributed by atoms with Crippen LogP contribution in [0.5, 0.6) is 5.75 Å². The number of hydrogen-bond donors (Lipinski definition) is 0. The van der Waals surface area contributed by atoms with Gasteiger partial charge in [0.2, 0.25) is 0 Å². The van der Waals surface area contributed by atoms with Crippen molar-refractivity contribution in [3.05, 3.63) is 76.7 Å². The number of ether oxygens (including phenoxy) is 1. The predicted octanol–water partition coefficient (Wildman–Crippen LogP) is 4.18. The molecule has 2 aromatic heterocycles. The Kier molecular flexibility index (Phi) is 6.42. The smallest absolute Gasteiger partial charge is 0.272 e. The maximum absolute atomic E-state index is 13.2. The summed E-state index contributed by atoms with van der Waals surface area (Å²) >= 11 is 1.68. The lowest BCUT2D eigenvalue weighted by atomic mass is 10.1. The first-order chi connectivity index (χ1) is 16.6. The standard InChI is InChI=1S/C26H27N5O2S/c1-29-24(16-22(28-29)19-6-4-3-5-7-19)26(32)31-14-12-30(13-15-31)17-25-27-23(18-34-25)20-8-10-21(33-2)11-9-20/h3-11,16,18H,12-15,17H2,1-2H3. The molecular formula is C26H27N5O2S. The molecule has 5 rings (SSSR count). The molecule has 4 aromatic rings. The molecule has 0 atom stereocenters. The summed E-state index contributed by atoms with van der Waals surface area (Å²) in [6.45, 7) is 3.84. The minimum Gasteiger partial charge on any atom is -0.497 e. The fraction of sp³-hybridized carbons (Fsp3) is 0.269. The number of hydrogen-bond acceptors (Lipinski definition) is 6. The highest BCUT2D eigenvalue weighted by molar-refractivity contribution is 7.09. The molecule has 1 saturated heterocycles. The van der Waals surface area contributed by atoms with Crippen molar-refractivity contribution in [2.45, 2.75) is 6.54 Å². The van der Waals surface area contributed by atoms with Crippen molar-refractivity contribution in [1.29, 1.82) is 0 Å². The molecule has 0 radical (unpaired) electrons. The first-order valence-corrected chi connectivity index (χ1v) is 12.2. The number of methoxy groups -OCH3 is 1. The Labute approximate surface area is 203 Å². The van der Waals surface area contributed by atoms with E-state index in [2.05, 4.69) is 15.4 Å². The van der Waals surface area contributed by atoms with Crippen LogP contribution < -0.4 is 4.74 Å². The van der Waals surface area contributed by atoms with Gasteiger partial charge in [0, 0.05) is 49.7 Å². The van der Waals surface area contributed by atoms with E-state index in [1.807, 2.05) is 72.6 Å². The summed E-state index contributed by atoms with van der Waals surface area (Å²) in [5, 5.41) is 7.74. The van der Waals surface area contributed by atoms with Gasteiger partial charge in [0.25, 0.3) is 5.91 Å². The van der Waals surface area contributed by atoms with Crippen molar-refractivity contribution >= 4 is 17.2 Å². The highest BCUT2D eigenvalue weighted by atomic mass is 32.1. The number of piperazine rings is 1. The van der Waals surface area contributed by atoms with Gasteiger partial charge in [0.15, 0.2) is 0 Å². The van der Waals surface area contributed by atoms with Crippen LogP contribution in [0.1, 0.15) is 15.5 Å². The van der Waals surface area contributed by atoms with E-state index in [-0.39, 0.29) is 5.91 Å². The molecule has 1 aliphatic heterocycles. The van der Waals surface area contributed by atoms with Crippen molar-refractivity contribution in [2.24, 2.45) is 7.05 Å². The number of amides is 1. The van der Waals surface area contributed by atoms with Gasteiger partial charge in [-0.25, -0.2) is 4.98 Å². The summed E-state index contributed by atoms with van der Waals surface area (Å²) in [7, 11) is 3.50. The molecule has 1 fully saturated rings. The molecule has 0 spiro atoms. The average molecular weight is 474 g/mol. The average Bonchev–Trinajstić information content (AvgIpc) is 3.51. The second-order valence-electron chi connectivity index (χ2n) is 8.33. The predicted molar refractivity (Wildman–Crippen MR) is 134 cm³/mol. The molecule has 0 bridgehead atoms. The third-order valence-corrected chi connectivity index (χ3v) is 6.96. The Morgan fingerprint density at radius 2 is 1.68 bits per heavy atom. The van der Waals surface area contributed by atoms with E-state index in [1.54, 1.807) is 23.1 Å². The van der Waals surface area contributed by atoms with E-state index in [0.29, 0.717) is 18.8 Å². The van der Waals surface area contributed by atoms with E-state index in [1.165, 1.54) is 0 Å². The van der Waals surface area contributed by atoms with Crippen LogP contribution in [0.4, 0.5) is 0 Å². The fourth-order valence-electron chi connectivity index (χ4n) is 4.16. The van der Waals surface area contributed by atoms with Gasteiger partial charge >= 0.3 is 0 Å². The minimum absolute atomic E-state index is 0.0351. The Balaban J connectivity index is 1.18. The zero-order chi connectivity index (χ0) is 23.5. The lowest BCUT2D eigenvalue weighted by molar-refractivity contribution is 0.0617. The van der Waals surface area contributed by atoms with Crippen LogP contribution in [-0.4, -0.2) is 63.8 Å². The Bertz CT molecular complexity index is 1260. The summed E-state index contributed by atoms with van der Waals surface area (Å²) < 4.78 is 6.92. The van der Waals surface area contributed by atoms with Crippen LogP contribution >= 0.6 is 11.3 Å². The zero-order valence-corrected chi connectivity index (χ0v) is 20.2. The van der Waals surface area contributed by atoms with E-state index < -0.39 is 0 Å². The second kappa shape index (κ2) is 9.79. The normalized spacial score (nSPS) is 14.4. The summed E-state index contributed by atoms with van der Waals surface area (Å²) in [6, 6.07) is 19.8. The lowest BCUT2D eigenvalue weighted by Gasteiger charge is -2.34. The largest absolute Gasteiger partial charge is 0.497 e. The molecule has 34 heavy (non-hydrogen) atoms. The maximum atomic E-state index is 13.2. The molecule has 0 N–H and O–H groups in total. The molecule has 7 nitrogen and oxygen atoms in total. The molecule has 1 amide bonds. The summed E-state index contributed by atoms with van der Waals surface area (Å²) in [5.41, 5.74) is 4.53. The molecule has 174 valence electrons. The zero-order valence-electron chi connectivity index (χ0n) is 19.3. The fourth-order valence-corrected chi connectivity index (χ4v) is 5.00. The monoisotopic (exact) mass is 473 g/mol. The van der Waals surface area contributed by atoms with Gasteiger partial charge in [-0.2, -0.15) is 5.10 Å². The molecule has 3 heterocycles. The first-order valence-electron chi connectivity index (χ1n) is 11.3. The van der Waals surface area contributed by atoms with Gasteiger partial charge in [-0.3, -0.25) is 14.4 Å². The number of carbonyl (C=O) groups excluding carboxylic acids is 1. The summed E-state index contributed by atoms with van der Waals surface area (Å²) in [6.07, 6.45) is 0. The van der Waals surface area contributed by atoms with Crippen LogP contribution in [-0.2, 0) is 13.6 Å². The molecule has 2 aromatic carbocycles. The van der Waals surface area contributed by atoms with Gasteiger partial charge in [-0.15, -0.1) is 11.3 Å². The number of benzene rings is 2. The molecule has 0 aliphatic carbocycles. The Morgan fingerprint density at radius 3 is 2.38 bits per heavy atom. The maximum Gasteiger partial charge on any atom is 0.272 e. The number of aryl methyl sites for hydroxylation is 1. The van der Waals surface area contributed by atoms with Gasteiger partial charge in [-0.05, 0) is 30.3 Å². The first kappa shape index (κ1) is 22.3. The van der Waals surface area contributed by atoms with E-state index in [4.69, 9.17) is 9.72 Å². The van der Waals surface area contributed by atoms with Crippen LogP contribution in [0.25, 0.3) is 22.5 Å². The van der Waals surface area contributed by atoms with Gasteiger partial charge in [0.05, 0.1) is 25.0 Å². The summed E-state index contributed by atoms with van der Waals surface area (Å²) in [4.78, 5) is 22.3. The Morgan fingerprint density at radius 1 is 0.971 bits per heavy atom. The van der Waals surface area contributed by atoms with Crippen molar-refractivity contribution < 1.29 is 9.53 Å². The molecule has 0 unspecified atom stereocenters. The highest BCUT2D eigenvalue weighted by Crippen LogP contribution is 2.25. The topological polar surface area (TPSA) is 63.5 Å². The van der Waals surface area contributed by atoms with Gasteiger partial charge < -0.3 is 9.64 Å². The van der Waals surface area contributed by atoms with E-state index >= 15 is 0 Å². The number of nitrogens with zero attached hydrogens (tertiary/aromatic N) is 5. The quantitative estimate of drug-likeness (QED) is 0.420. The third kappa shape index (κ3) is 4.73. The van der Waals surface area contributed by atoms with E-state index in [9.17, 15) is 4.79 Å². The number of thiazole rings is 1. The van der Waals surface area contributed by atoms with Crippen LogP contribution in [0, 0.1) is 0 Å². The second-order valence-corrected chi connectivity index (χ2v) is 9.27. The highest BCUT2D eigenvalue weighted by Gasteiger charge is 2.25. The van der Waals surface area contributed by atoms with Gasteiger partial charge in [-0.1, -0.05) is 30.3 Å². The van der Waals surface area contributed by atoms with Crippen molar-refractivity contribution in [1.82, 2.24) is 24.6 Å². The van der Waals surface area contributed by atoms with Crippen LogP contribution in [0.2, 0.25) is 0 Å². The van der Waals surface area contributed by atoms with Crippen molar-refractivity contribution in [3.8, 4) is 28.3 Å². The van der Waals surface area contributed by atoms with E-state index in [0.717, 1.165) is 52.9 Å². The summed E-state index contributed by atoms with van der Waals surface area (Å²) in [5.74, 6) is 0.877. The van der Waals surface area contributed by atoms with Crippen molar-refractivity contribution in [2.75, 3.05) is 33.3 Å².